The Morgan fingerprint density at radius 3 is 2.85 bits per heavy atom. The van der Waals surface area contributed by atoms with Gasteiger partial charge in [-0.15, -0.1) is 0 Å². The first-order valence-electron chi connectivity index (χ1n) is 7.87. The van der Waals surface area contributed by atoms with E-state index in [1.807, 2.05) is 24.3 Å². The molecule has 0 unspecified atom stereocenters. The van der Waals surface area contributed by atoms with Crippen LogP contribution >= 0.6 is 15.9 Å². The summed E-state index contributed by atoms with van der Waals surface area (Å²) in [7, 11) is 0. The molecule has 27 heavy (non-hydrogen) atoms. The summed E-state index contributed by atoms with van der Waals surface area (Å²) in [5.74, 6) is -0.468. The van der Waals surface area contributed by atoms with Crippen LogP contribution in [-0.2, 0) is 6.54 Å². The van der Waals surface area contributed by atoms with E-state index in [0.717, 1.165) is 10.0 Å². The maximum Gasteiger partial charge on any atom is 0.291 e. The molecule has 3 rings (SSSR count). The molecule has 0 aliphatic carbocycles. The van der Waals surface area contributed by atoms with E-state index in [9.17, 15) is 14.9 Å². The van der Waals surface area contributed by atoms with Gasteiger partial charge in [0, 0.05) is 28.4 Å². The number of rotatable bonds is 6. The summed E-state index contributed by atoms with van der Waals surface area (Å²) >= 11 is 3.42. The maximum atomic E-state index is 12.1. The lowest BCUT2D eigenvalue weighted by molar-refractivity contribution is -0.384. The van der Waals surface area contributed by atoms with Crippen molar-refractivity contribution >= 4 is 33.7 Å². The number of hydrogen-bond donors (Lipinski definition) is 1. The van der Waals surface area contributed by atoms with Gasteiger partial charge in [-0.1, -0.05) is 40.2 Å². The molecule has 0 saturated carbocycles. The molecule has 0 bridgehead atoms. The SMILES string of the molecule is O=C(N/N=C\c1cccc([N+](=O)[O-])c1)c1ccn(Cc2cccc(Br)c2)n1. The number of carbonyl (C=O) groups excluding carboxylic acids is 1. The second-order valence-electron chi connectivity index (χ2n) is 5.58. The van der Waals surface area contributed by atoms with Gasteiger partial charge in [-0.05, 0) is 23.8 Å². The second-order valence-corrected chi connectivity index (χ2v) is 6.50. The highest BCUT2D eigenvalue weighted by molar-refractivity contribution is 9.10. The number of carbonyl (C=O) groups is 1. The normalized spacial score (nSPS) is 10.9. The molecule has 0 radical (unpaired) electrons. The molecular formula is C18H14BrN5O3. The van der Waals surface area contributed by atoms with Crippen LogP contribution in [0, 0.1) is 10.1 Å². The van der Waals surface area contributed by atoms with Gasteiger partial charge < -0.3 is 0 Å². The van der Waals surface area contributed by atoms with Crippen molar-refractivity contribution < 1.29 is 9.72 Å². The molecule has 1 heterocycles. The van der Waals surface area contributed by atoms with E-state index in [2.05, 4.69) is 31.6 Å². The fraction of sp³-hybridized carbons (Fsp3) is 0.0556. The lowest BCUT2D eigenvalue weighted by Gasteiger charge is -2.02. The summed E-state index contributed by atoms with van der Waals surface area (Å²) in [5, 5.41) is 18.8. The number of hydrazone groups is 1. The molecular weight excluding hydrogens is 414 g/mol. The van der Waals surface area contributed by atoms with Gasteiger partial charge in [0.05, 0.1) is 17.7 Å². The Morgan fingerprint density at radius 2 is 2.07 bits per heavy atom. The van der Waals surface area contributed by atoms with E-state index in [-0.39, 0.29) is 11.4 Å². The Bertz CT molecular complexity index is 1020. The second kappa shape index (κ2) is 8.37. The topological polar surface area (TPSA) is 102 Å². The number of amides is 1. The summed E-state index contributed by atoms with van der Waals surface area (Å²) in [6.07, 6.45) is 3.05. The molecule has 0 aliphatic heterocycles. The number of nitrogens with zero attached hydrogens (tertiary/aromatic N) is 4. The zero-order chi connectivity index (χ0) is 19.2. The predicted octanol–water partition coefficient (Wildman–Crippen LogP) is 3.37. The Morgan fingerprint density at radius 1 is 1.26 bits per heavy atom. The van der Waals surface area contributed by atoms with Crippen LogP contribution in [0.1, 0.15) is 21.6 Å². The van der Waals surface area contributed by atoms with Gasteiger partial charge in [-0.25, -0.2) is 5.43 Å². The molecule has 9 heteroatoms. The van der Waals surface area contributed by atoms with Crippen molar-refractivity contribution in [2.45, 2.75) is 6.54 Å². The van der Waals surface area contributed by atoms with Gasteiger partial charge in [0.2, 0.25) is 0 Å². The van der Waals surface area contributed by atoms with E-state index >= 15 is 0 Å². The summed E-state index contributed by atoms with van der Waals surface area (Å²) in [4.78, 5) is 22.4. The van der Waals surface area contributed by atoms with Crippen LogP contribution in [0.25, 0.3) is 0 Å². The molecule has 136 valence electrons. The van der Waals surface area contributed by atoms with Gasteiger partial charge in [0.15, 0.2) is 5.69 Å². The number of nitro groups is 1. The molecule has 0 atom stereocenters. The number of benzene rings is 2. The van der Waals surface area contributed by atoms with Gasteiger partial charge in [-0.3, -0.25) is 19.6 Å². The van der Waals surface area contributed by atoms with Crippen LogP contribution in [-0.4, -0.2) is 26.8 Å². The predicted molar refractivity (Wildman–Crippen MR) is 104 cm³/mol. The fourth-order valence-electron chi connectivity index (χ4n) is 2.33. The average molecular weight is 428 g/mol. The Labute approximate surface area is 162 Å². The van der Waals surface area contributed by atoms with Crippen molar-refractivity contribution in [1.29, 1.82) is 0 Å². The van der Waals surface area contributed by atoms with E-state index in [4.69, 9.17) is 0 Å². The van der Waals surface area contributed by atoms with Crippen LogP contribution in [0.4, 0.5) is 5.69 Å². The van der Waals surface area contributed by atoms with Crippen molar-refractivity contribution in [1.82, 2.24) is 15.2 Å². The monoisotopic (exact) mass is 427 g/mol. The smallest absolute Gasteiger partial charge is 0.268 e. The summed E-state index contributed by atoms with van der Waals surface area (Å²) < 4.78 is 2.63. The lowest BCUT2D eigenvalue weighted by atomic mass is 10.2. The Balaban J connectivity index is 1.61. The van der Waals surface area contributed by atoms with Crippen molar-refractivity contribution in [3.05, 3.63) is 92.2 Å². The minimum atomic E-state index is -0.492. The number of halogens is 1. The number of hydrogen-bond acceptors (Lipinski definition) is 5. The third kappa shape index (κ3) is 5.08. The first-order valence-corrected chi connectivity index (χ1v) is 8.66. The molecule has 1 N–H and O–H groups in total. The largest absolute Gasteiger partial charge is 0.291 e. The van der Waals surface area contributed by atoms with Crippen molar-refractivity contribution in [3.8, 4) is 0 Å². The maximum absolute atomic E-state index is 12.1. The van der Waals surface area contributed by atoms with Gasteiger partial charge in [-0.2, -0.15) is 10.2 Å². The molecule has 0 fully saturated rings. The van der Waals surface area contributed by atoms with E-state index in [1.165, 1.54) is 18.3 Å². The van der Waals surface area contributed by atoms with E-state index < -0.39 is 10.8 Å². The molecule has 8 nitrogen and oxygen atoms in total. The van der Waals surface area contributed by atoms with Crippen molar-refractivity contribution in [3.63, 3.8) is 0 Å². The molecule has 0 saturated heterocycles. The number of nitro benzene ring substituents is 1. The molecule has 2 aromatic carbocycles. The highest BCUT2D eigenvalue weighted by Gasteiger charge is 2.09. The highest BCUT2D eigenvalue weighted by atomic mass is 79.9. The van der Waals surface area contributed by atoms with Crippen LogP contribution in [0.2, 0.25) is 0 Å². The lowest BCUT2D eigenvalue weighted by Crippen LogP contribution is -2.18. The van der Waals surface area contributed by atoms with Crippen LogP contribution < -0.4 is 5.43 Å². The third-order valence-corrected chi connectivity index (χ3v) is 4.06. The number of aromatic nitrogens is 2. The number of non-ortho nitro benzene ring substituents is 1. The molecule has 1 aromatic heterocycles. The first-order chi connectivity index (χ1) is 13.0. The van der Waals surface area contributed by atoms with Gasteiger partial charge in [0.1, 0.15) is 0 Å². The van der Waals surface area contributed by atoms with E-state index in [1.54, 1.807) is 29.1 Å². The zero-order valence-corrected chi connectivity index (χ0v) is 15.5. The quantitative estimate of drug-likeness (QED) is 0.370. The molecule has 3 aromatic rings. The van der Waals surface area contributed by atoms with Crippen molar-refractivity contribution in [2.75, 3.05) is 0 Å². The van der Waals surface area contributed by atoms with E-state index in [0.29, 0.717) is 12.1 Å². The Kier molecular flexibility index (Phi) is 5.72. The average Bonchev–Trinajstić information content (AvgIpc) is 3.10. The Hall–Kier alpha value is -3.33. The van der Waals surface area contributed by atoms with Crippen LogP contribution in [0.5, 0.6) is 0 Å². The molecule has 0 aliphatic rings. The molecule has 0 spiro atoms. The summed E-state index contributed by atoms with van der Waals surface area (Å²) in [6, 6.07) is 15.3. The fourth-order valence-corrected chi connectivity index (χ4v) is 2.78. The van der Waals surface area contributed by atoms with Crippen LogP contribution in [0.3, 0.4) is 0 Å². The van der Waals surface area contributed by atoms with Crippen molar-refractivity contribution in [2.24, 2.45) is 5.10 Å². The summed E-state index contributed by atoms with van der Waals surface area (Å²) in [5.41, 5.74) is 4.09. The minimum Gasteiger partial charge on any atom is -0.268 e. The van der Waals surface area contributed by atoms with Gasteiger partial charge >= 0.3 is 0 Å². The zero-order valence-electron chi connectivity index (χ0n) is 13.9. The minimum absolute atomic E-state index is 0.0448. The first kappa shape index (κ1) is 18.5. The van der Waals surface area contributed by atoms with Gasteiger partial charge in [0.25, 0.3) is 11.6 Å². The standard InChI is InChI=1S/C18H14BrN5O3/c19-15-5-1-4-14(9-15)12-23-8-7-17(22-23)18(25)21-20-11-13-3-2-6-16(10-13)24(26)27/h1-11H,12H2,(H,21,25)/b20-11-. The summed E-state index contributed by atoms with van der Waals surface area (Å²) in [6.45, 7) is 0.531. The molecule has 1 amide bonds. The highest BCUT2D eigenvalue weighted by Crippen LogP contribution is 2.13. The number of nitrogens with one attached hydrogen (secondary N) is 1. The van der Waals surface area contributed by atoms with Crippen LogP contribution in [0.15, 0.2) is 70.4 Å². The third-order valence-electron chi connectivity index (χ3n) is 3.57.